The van der Waals surface area contributed by atoms with Crippen LogP contribution >= 0.6 is 0 Å². The van der Waals surface area contributed by atoms with Gasteiger partial charge in [0.1, 0.15) is 21.9 Å². The van der Waals surface area contributed by atoms with Crippen LogP contribution in [0.2, 0.25) is 0 Å². The molecule has 0 saturated heterocycles. The van der Waals surface area contributed by atoms with Gasteiger partial charge in [-0.1, -0.05) is 4.40 Å². The molecule has 0 amide bonds. The van der Waals surface area contributed by atoms with Crippen molar-refractivity contribution in [2.75, 3.05) is 0 Å². The topological polar surface area (TPSA) is 55.7 Å². The first-order chi connectivity index (χ1) is 6.89. The summed E-state index contributed by atoms with van der Waals surface area (Å²) >= 11 is -1.24. The zero-order valence-corrected chi connectivity index (χ0v) is 9.91. The minimum Gasteiger partial charge on any atom is -0.591 e. The number of hydrogen-bond acceptors (Lipinski definition) is 3. The van der Waals surface area contributed by atoms with Gasteiger partial charge in [0, 0.05) is 0 Å². The Morgan fingerprint density at radius 3 is 2.27 bits per heavy atom. The van der Waals surface area contributed by atoms with Gasteiger partial charge in [-0.05, 0) is 50.6 Å². The van der Waals surface area contributed by atoms with Crippen LogP contribution in [0.15, 0.2) is 28.7 Å². The molecule has 0 saturated carbocycles. The summed E-state index contributed by atoms with van der Waals surface area (Å²) in [5.74, 6) is 0.212. The molecule has 1 atom stereocenters. The molecular formula is C11H15NO2S. The highest BCUT2D eigenvalue weighted by molar-refractivity contribution is 7.91. The molecule has 0 spiro atoms. The average Bonchev–Trinajstić information content (AvgIpc) is 2.15. The molecule has 82 valence electrons. The lowest BCUT2D eigenvalue weighted by molar-refractivity contribution is 0.475. The third-order valence-electron chi connectivity index (χ3n) is 1.71. The van der Waals surface area contributed by atoms with Gasteiger partial charge in [-0.15, -0.1) is 0 Å². The third kappa shape index (κ3) is 3.93. The molecule has 1 aromatic carbocycles. The standard InChI is InChI=1S/C11H15NO2S/c1-11(2,3)15(14)12-8-9-4-6-10(13)7-5-9/h4-8,13H,1-3H3. The summed E-state index contributed by atoms with van der Waals surface area (Å²) in [6, 6.07) is 6.58. The van der Waals surface area contributed by atoms with E-state index in [1.165, 1.54) is 0 Å². The van der Waals surface area contributed by atoms with E-state index in [2.05, 4.69) is 4.40 Å². The molecule has 4 heteroatoms. The fourth-order valence-corrected chi connectivity index (χ4v) is 1.36. The number of nitrogens with zero attached hydrogens (tertiary/aromatic N) is 1. The fraction of sp³-hybridized carbons (Fsp3) is 0.364. The Morgan fingerprint density at radius 1 is 1.27 bits per heavy atom. The van der Waals surface area contributed by atoms with Crippen molar-refractivity contribution in [1.82, 2.24) is 0 Å². The summed E-state index contributed by atoms with van der Waals surface area (Å²) in [5.41, 5.74) is 0.824. The van der Waals surface area contributed by atoms with Gasteiger partial charge in [-0.25, -0.2) is 0 Å². The fourth-order valence-electron chi connectivity index (χ4n) is 0.827. The number of phenols is 1. The normalized spacial score (nSPS) is 14.4. The molecule has 0 radical (unpaired) electrons. The van der Waals surface area contributed by atoms with Crippen molar-refractivity contribution < 1.29 is 9.66 Å². The molecule has 0 bridgehead atoms. The lowest BCUT2D eigenvalue weighted by atomic mass is 10.2. The van der Waals surface area contributed by atoms with Gasteiger partial charge < -0.3 is 9.66 Å². The monoisotopic (exact) mass is 225 g/mol. The van der Waals surface area contributed by atoms with Crippen LogP contribution in [-0.2, 0) is 11.4 Å². The highest BCUT2D eigenvalue weighted by atomic mass is 32.2. The number of aromatic hydroxyl groups is 1. The predicted octanol–water partition coefficient (Wildman–Crippen LogP) is 2.27. The molecule has 0 aliphatic rings. The average molecular weight is 225 g/mol. The molecule has 3 nitrogen and oxygen atoms in total. The largest absolute Gasteiger partial charge is 0.591 e. The van der Waals surface area contributed by atoms with Gasteiger partial charge in [0.15, 0.2) is 0 Å². The van der Waals surface area contributed by atoms with Gasteiger partial charge in [-0.3, -0.25) is 0 Å². The molecule has 0 aliphatic heterocycles. The zero-order valence-electron chi connectivity index (χ0n) is 9.10. The van der Waals surface area contributed by atoms with Crippen molar-refractivity contribution >= 4 is 17.6 Å². The minimum atomic E-state index is -1.24. The zero-order chi connectivity index (χ0) is 11.5. The summed E-state index contributed by atoms with van der Waals surface area (Å²) in [4.78, 5) is 0. The maximum Gasteiger partial charge on any atom is 0.144 e. The lowest BCUT2D eigenvalue weighted by Crippen LogP contribution is -2.25. The Hall–Kier alpha value is -1.00. The van der Waals surface area contributed by atoms with E-state index >= 15 is 0 Å². The summed E-state index contributed by atoms with van der Waals surface area (Å²) < 4.78 is 15.2. The van der Waals surface area contributed by atoms with Crippen molar-refractivity contribution in [2.24, 2.45) is 4.40 Å². The van der Waals surface area contributed by atoms with E-state index in [0.29, 0.717) is 0 Å². The number of benzene rings is 1. The highest BCUT2D eigenvalue weighted by Gasteiger charge is 2.25. The van der Waals surface area contributed by atoms with E-state index in [-0.39, 0.29) is 10.5 Å². The van der Waals surface area contributed by atoms with E-state index in [0.717, 1.165) is 5.56 Å². The van der Waals surface area contributed by atoms with E-state index in [1.807, 2.05) is 20.8 Å². The van der Waals surface area contributed by atoms with Crippen LogP contribution in [0.5, 0.6) is 5.75 Å². The van der Waals surface area contributed by atoms with Gasteiger partial charge in [0.2, 0.25) is 0 Å². The molecule has 0 aliphatic carbocycles. The van der Waals surface area contributed by atoms with Crippen molar-refractivity contribution in [3.63, 3.8) is 0 Å². The van der Waals surface area contributed by atoms with Gasteiger partial charge in [0.25, 0.3) is 0 Å². The number of hydrogen-bond donors (Lipinski definition) is 1. The van der Waals surface area contributed by atoms with Crippen molar-refractivity contribution in [3.05, 3.63) is 29.8 Å². The van der Waals surface area contributed by atoms with Crippen LogP contribution in [0, 0.1) is 0 Å². The molecular weight excluding hydrogens is 210 g/mol. The first-order valence-electron chi connectivity index (χ1n) is 4.65. The minimum absolute atomic E-state index is 0.212. The smallest absolute Gasteiger partial charge is 0.144 e. The van der Waals surface area contributed by atoms with Crippen LogP contribution in [-0.4, -0.2) is 20.6 Å². The molecule has 15 heavy (non-hydrogen) atoms. The second kappa shape index (κ2) is 4.68. The summed E-state index contributed by atoms with van der Waals surface area (Å²) in [6.45, 7) is 5.62. The first kappa shape index (κ1) is 12.1. The van der Waals surface area contributed by atoms with E-state index in [1.54, 1.807) is 30.5 Å². The van der Waals surface area contributed by atoms with Crippen LogP contribution in [0.25, 0.3) is 0 Å². The van der Waals surface area contributed by atoms with Crippen molar-refractivity contribution in [1.29, 1.82) is 0 Å². The van der Waals surface area contributed by atoms with Crippen LogP contribution in [0.3, 0.4) is 0 Å². The maximum absolute atomic E-state index is 11.6. The summed E-state index contributed by atoms with van der Waals surface area (Å²) in [7, 11) is 0. The predicted molar refractivity (Wildman–Crippen MR) is 63.6 cm³/mol. The molecule has 1 N–H and O–H groups in total. The molecule has 1 aromatic rings. The highest BCUT2D eigenvalue weighted by Crippen LogP contribution is 2.17. The Kier molecular flexibility index (Phi) is 3.77. The third-order valence-corrected chi connectivity index (χ3v) is 3.06. The second-order valence-corrected chi connectivity index (χ2v) is 6.12. The first-order valence-corrected chi connectivity index (χ1v) is 5.75. The molecule has 0 aromatic heterocycles. The van der Waals surface area contributed by atoms with Crippen LogP contribution in [0.4, 0.5) is 0 Å². The number of phenolic OH excluding ortho intramolecular Hbond substituents is 1. The van der Waals surface area contributed by atoms with E-state index < -0.39 is 11.4 Å². The van der Waals surface area contributed by atoms with E-state index in [4.69, 9.17) is 5.11 Å². The molecule has 1 rings (SSSR count). The molecule has 0 heterocycles. The quantitative estimate of drug-likeness (QED) is 0.620. The van der Waals surface area contributed by atoms with Gasteiger partial charge in [0.05, 0.1) is 6.21 Å². The Balaban J connectivity index is 2.70. The van der Waals surface area contributed by atoms with Crippen LogP contribution in [0.1, 0.15) is 26.3 Å². The number of rotatable bonds is 2. The Bertz CT molecular complexity index is 341. The second-order valence-electron chi connectivity index (χ2n) is 4.19. The SMILES string of the molecule is CC(C)(C)[S+]([O-])N=Cc1ccc(O)cc1. The Morgan fingerprint density at radius 2 is 1.80 bits per heavy atom. The Labute approximate surface area is 93.2 Å². The van der Waals surface area contributed by atoms with Crippen molar-refractivity contribution in [3.8, 4) is 5.75 Å². The van der Waals surface area contributed by atoms with Gasteiger partial charge >= 0.3 is 0 Å². The molecule has 0 fully saturated rings. The maximum atomic E-state index is 11.6. The van der Waals surface area contributed by atoms with Crippen molar-refractivity contribution in [2.45, 2.75) is 25.5 Å². The summed E-state index contributed by atoms with van der Waals surface area (Å²) in [6.07, 6.45) is 1.56. The summed E-state index contributed by atoms with van der Waals surface area (Å²) in [5, 5.41) is 9.06. The van der Waals surface area contributed by atoms with Gasteiger partial charge in [-0.2, -0.15) is 0 Å². The lowest BCUT2D eigenvalue weighted by Gasteiger charge is -2.17. The van der Waals surface area contributed by atoms with Crippen LogP contribution < -0.4 is 0 Å². The molecule has 1 unspecified atom stereocenters. The van der Waals surface area contributed by atoms with E-state index in [9.17, 15) is 4.55 Å².